The molecule has 2 nitrogen and oxygen atoms in total. The van der Waals surface area contributed by atoms with E-state index in [1.54, 1.807) is 36.4 Å². The Bertz CT molecular complexity index is 648. The van der Waals surface area contributed by atoms with Gasteiger partial charge in [0, 0.05) is 5.56 Å². The van der Waals surface area contributed by atoms with Crippen molar-refractivity contribution in [2.24, 2.45) is 0 Å². The highest BCUT2D eigenvalue weighted by Gasteiger charge is 2.06. The molecule has 19 heavy (non-hydrogen) atoms. The van der Waals surface area contributed by atoms with Gasteiger partial charge < -0.3 is 5.11 Å². The monoisotopic (exact) mass is 292 g/mol. The maximum absolute atomic E-state index is 12.0. The third-order valence-corrected chi connectivity index (χ3v) is 3.19. The van der Waals surface area contributed by atoms with Crippen molar-refractivity contribution in [1.82, 2.24) is 0 Å². The van der Waals surface area contributed by atoms with Gasteiger partial charge in [-0.3, -0.25) is 4.79 Å². The largest absolute Gasteiger partial charge is 0.508 e. The molecule has 0 bridgehead atoms. The molecule has 2 aromatic rings. The number of benzene rings is 2. The van der Waals surface area contributed by atoms with Crippen LogP contribution < -0.4 is 0 Å². The summed E-state index contributed by atoms with van der Waals surface area (Å²) in [5, 5.41) is 10.0. The maximum Gasteiger partial charge on any atom is 0.187 e. The van der Waals surface area contributed by atoms with Crippen LogP contribution in [0.3, 0.4) is 0 Å². The van der Waals surface area contributed by atoms with Gasteiger partial charge in [-0.25, -0.2) is 0 Å². The van der Waals surface area contributed by atoms with Crippen LogP contribution in [0, 0.1) is 0 Å². The summed E-state index contributed by atoms with van der Waals surface area (Å²) in [7, 11) is 0. The van der Waals surface area contributed by atoms with Gasteiger partial charge in [-0.05, 0) is 48.0 Å². The zero-order valence-electron chi connectivity index (χ0n) is 9.81. The number of ketones is 1. The SMILES string of the molecule is O=C(C=Cc1ccc(O)cc1Cl)c1ccccc1Cl. The molecule has 1 N–H and O–H groups in total. The Balaban J connectivity index is 2.24. The number of carbonyl (C=O) groups excluding carboxylic acids is 1. The highest BCUT2D eigenvalue weighted by Crippen LogP contribution is 2.23. The summed E-state index contributed by atoms with van der Waals surface area (Å²) in [6.45, 7) is 0. The van der Waals surface area contributed by atoms with Crippen molar-refractivity contribution in [3.63, 3.8) is 0 Å². The van der Waals surface area contributed by atoms with E-state index in [4.69, 9.17) is 23.2 Å². The molecule has 2 rings (SSSR count). The minimum absolute atomic E-state index is 0.0829. The molecule has 0 heterocycles. The first-order valence-corrected chi connectivity index (χ1v) is 6.29. The molecule has 0 fully saturated rings. The van der Waals surface area contributed by atoms with Gasteiger partial charge in [0.25, 0.3) is 0 Å². The fraction of sp³-hybridized carbons (Fsp3) is 0. The van der Waals surface area contributed by atoms with Crippen molar-refractivity contribution in [2.45, 2.75) is 0 Å². The molecule has 0 atom stereocenters. The van der Waals surface area contributed by atoms with E-state index in [1.165, 1.54) is 18.2 Å². The normalized spacial score (nSPS) is 10.8. The van der Waals surface area contributed by atoms with Crippen molar-refractivity contribution in [2.75, 3.05) is 0 Å². The molecule has 0 amide bonds. The summed E-state index contributed by atoms with van der Waals surface area (Å²) in [6.07, 6.45) is 2.99. The highest BCUT2D eigenvalue weighted by atomic mass is 35.5. The van der Waals surface area contributed by atoms with E-state index in [9.17, 15) is 9.90 Å². The van der Waals surface area contributed by atoms with Crippen LogP contribution >= 0.6 is 23.2 Å². The van der Waals surface area contributed by atoms with Crippen molar-refractivity contribution < 1.29 is 9.90 Å². The average Bonchev–Trinajstić information content (AvgIpc) is 2.38. The number of hydrogen-bond acceptors (Lipinski definition) is 2. The van der Waals surface area contributed by atoms with Crippen LogP contribution in [-0.4, -0.2) is 10.9 Å². The van der Waals surface area contributed by atoms with Gasteiger partial charge in [-0.1, -0.05) is 35.3 Å². The van der Waals surface area contributed by atoms with Gasteiger partial charge in [-0.2, -0.15) is 0 Å². The predicted octanol–water partition coefficient (Wildman–Crippen LogP) is 4.60. The molecule has 0 saturated heterocycles. The number of phenols is 1. The molecule has 0 aliphatic carbocycles. The van der Waals surface area contributed by atoms with Gasteiger partial charge in [0.15, 0.2) is 5.78 Å². The Hall–Kier alpha value is -1.77. The third kappa shape index (κ3) is 3.37. The molecule has 0 saturated carbocycles. The van der Waals surface area contributed by atoms with Crippen molar-refractivity contribution in [3.05, 3.63) is 69.7 Å². The van der Waals surface area contributed by atoms with E-state index in [0.29, 0.717) is 21.2 Å². The van der Waals surface area contributed by atoms with Gasteiger partial charge in [0.2, 0.25) is 0 Å². The Labute approximate surface area is 120 Å². The van der Waals surface area contributed by atoms with Gasteiger partial charge in [-0.15, -0.1) is 0 Å². The lowest BCUT2D eigenvalue weighted by Gasteiger charge is -2.00. The topological polar surface area (TPSA) is 37.3 Å². The Kier molecular flexibility index (Phi) is 4.25. The third-order valence-electron chi connectivity index (χ3n) is 2.54. The predicted molar refractivity (Wildman–Crippen MR) is 77.9 cm³/mol. The Morgan fingerprint density at radius 1 is 1.05 bits per heavy atom. The van der Waals surface area contributed by atoms with E-state index in [-0.39, 0.29) is 11.5 Å². The summed E-state index contributed by atoms with van der Waals surface area (Å²) in [5.74, 6) is -0.116. The first kappa shape index (κ1) is 13.7. The summed E-state index contributed by atoms with van der Waals surface area (Å²) in [5.41, 5.74) is 1.09. The second-order valence-electron chi connectivity index (χ2n) is 3.88. The molecule has 4 heteroatoms. The van der Waals surface area contributed by atoms with Crippen LogP contribution in [0.5, 0.6) is 5.75 Å². The second-order valence-corrected chi connectivity index (χ2v) is 4.70. The number of phenolic OH excluding ortho intramolecular Hbond substituents is 1. The highest BCUT2D eigenvalue weighted by molar-refractivity contribution is 6.35. The molecule has 0 aromatic heterocycles. The lowest BCUT2D eigenvalue weighted by Crippen LogP contribution is -1.94. The van der Waals surface area contributed by atoms with Crippen LogP contribution in [0.25, 0.3) is 6.08 Å². The maximum atomic E-state index is 12.0. The first-order valence-electron chi connectivity index (χ1n) is 5.53. The molecular formula is C15H10Cl2O2. The summed E-state index contributed by atoms with van der Waals surface area (Å²) in [4.78, 5) is 12.0. The molecule has 2 aromatic carbocycles. The fourth-order valence-electron chi connectivity index (χ4n) is 1.57. The number of rotatable bonds is 3. The second kappa shape index (κ2) is 5.91. The molecule has 0 aliphatic rings. The minimum Gasteiger partial charge on any atom is -0.508 e. The van der Waals surface area contributed by atoms with Crippen molar-refractivity contribution in [3.8, 4) is 5.75 Å². The van der Waals surface area contributed by atoms with Crippen LogP contribution in [0.15, 0.2) is 48.5 Å². The standard InChI is InChI=1S/C15H10Cl2O2/c16-13-4-2-1-3-12(13)15(19)8-6-10-5-7-11(18)9-14(10)17/h1-9,18H. The first-order chi connectivity index (χ1) is 9.08. The lowest BCUT2D eigenvalue weighted by atomic mass is 10.1. The van der Waals surface area contributed by atoms with E-state index in [0.717, 1.165) is 0 Å². The number of carbonyl (C=O) groups is 1. The molecular weight excluding hydrogens is 283 g/mol. The van der Waals surface area contributed by atoms with E-state index >= 15 is 0 Å². The average molecular weight is 293 g/mol. The Morgan fingerprint density at radius 2 is 1.79 bits per heavy atom. The summed E-state index contributed by atoms with van der Waals surface area (Å²) >= 11 is 11.9. The molecule has 0 aliphatic heterocycles. The van der Waals surface area contributed by atoms with Crippen molar-refractivity contribution >= 4 is 35.1 Å². The molecule has 0 spiro atoms. The number of allylic oxidation sites excluding steroid dienone is 1. The molecule has 96 valence electrons. The van der Waals surface area contributed by atoms with Crippen LogP contribution in [0.2, 0.25) is 10.0 Å². The van der Waals surface area contributed by atoms with E-state index in [2.05, 4.69) is 0 Å². The number of aromatic hydroxyl groups is 1. The minimum atomic E-state index is -0.199. The Morgan fingerprint density at radius 3 is 2.47 bits per heavy atom. The zero-order chi connectivity index (χ0) is 13.8. The smallest absolute Gasteiger partial charge is 0.187 e. The summed E-state index contributed by atoms with van der Waals surface area (Å²) < 4.78 is 0. The fourth-order valence-corrected chi connectivity index (χ4v) is 2.03. The van der Waals surface area contributed by atoms with Gasteiger partial charge in [0.1, 0.15) is 5.75 Å². The van der Waals surface area contributed by atoms with E-state index in [1.807, 2.05) is 0 Å². The van der Waals surface area contributed by atoms with Gasteiger partial charge >= 0.3 is 0 Å². The zero-order valence-corrected chi connectivity index (χ0v) is 11.3. The number of halogens is 2. The summed E-state index contributed by atoms with van der Waals surface area (Å²) in [6, 6.07) is 11.4. The van der Waals surface area contributed by atoms with Crippen LogP contribution in [0.1, 0.15) is 15.9 Å². The van der Waals surface area contributed by atoms with E-state index < -0.39 is 0 Å². The molecule has 0 radical (unpaired) electrons. The van der Waals surface area contributed by atoms with Crippen LogP contribution in [0.4, 0.5) is 0 Å². The lowest BCUT2D eigenvalue weighted by molar-refractivity contribution is 0.104. The molecule has 0 unspecified atom stereocenters. The van der Waals surface area contributed by atoms with Crippen LogP contribution in [-0.2, 0) is 0 Å². The number of hydrogen-bond donors (Lipinski definition) is 1. The van der Waals surface area contributed by atoms with Crippen molar-refractivity contribution in [1.29, 1.82) is 0 Å². The quantitative estimate of drug-likeness (QED) is 0.663. The van der Waals surface area contributed by atoms with Gasteiger partial charge in [0.05, 0.1) is 10.0 Å².